The van der Waals surface area contributed by atoms with Gasteiger partial charge in [-0.25, -0.2) is 0 Å². The van der Waals surface area contributed by atoms with Gasteiger partial charge in [-0.15, -0.1) is 0 Å². The summed E-state index contributed by atoms with van der Waals surface area (Å²) in [5.41, 5.74) is 14.1. The highest BCUT2D eigenvalue weighted by atomic mass is 15.1. The predicted molar refractivity (Wildman–Crippen MR) is 229 cm³/mol. The van der Waals surface area contributed by atoms with Crippen LogP contribution in [0.25, 0.3) is 71.6 Å². The van der Waals surface area contributed by atoms with Crippen molar-refractivity contribution >= 4 is 49.6 Å². The second-order valence-corrected chi connectivity index (χ2v) is 13.8. The molecule has 0 unspecified atom stereocenters. The molecule has 0 radical (unpaired) electrons. The first-order valence-corrected chi connectivity index (χ1v) is 18.5. The largest absolute Gasteiger partial charge is 0.311 e. The first kappa shape index (κ1) is 31.6. The van der Waals surface area contributed by atoms with Crippen LogP contribution in [-0.4, -0.2) is 4.57 Å². The van der Waals surface area contributed by atoms with E-state index in [-0.39, 0.29) is 0 Å². The van der Waals surface area contributed by atoms with Gasteiger partial charge in [-0.1, -0.05) is 146 Å². The topological polar surface area (TPSA) is 8.17 Å². The molecule has 0 amide bonds. The van der Waals surface area contributed by atoms with Crippen LogP contribution in [0.5, 0.6) is 0 Å². The van der Waals surface area contributed by atoms with Gasteiger partial charge in [0, 0.05) is 33.5 Å². The van der Waals surface area contributed by atoms with Crippen LogP contribution in [-0.2, 0) is 0 Å². The van der Waals surface area contributed by atoms with Gasteiger partial charge in [0.2, 0.25) is 0 Å². The smallest absolute Gasteiger partial charge is 0.0547 e. The van der Waals surface area contributed by atoms with Crippen molar-refractivity contribution in [1.29, 1.82) is 0 Å². The van der Waals surface area contributed by atoms with E-state index in [1.807, 2.05) is 0 Å². The first-order valence-electron chi connectivity index (χ1n) is 18.5. The van der Waals surface area contributed by atoms with Gasteiger partial charge in [-0.2, -0.15) is 0 Å². The Bertz CT molecular complexity index is 2890. The summed E-state index contributed by atoms with van der Waals surface area (Å²) in [5.74, 6) is 0. The fourth-order valence-corrected chi connectivity index (χ4v) is 7.96. The van der Waals surface area contributed by atoms with E-state index in [0.29, 0.717) is 0 Å². The number of aromatic nitrogens is 1. The minimum Gasteiger partial charge on any atom is -0.311 e. The molecule has 2 heteroatoms. The van der Waals surface area contributed by atoms with E-state index in [0.717, 1.165) is 17.1 Å². The predicted octanol–water partition coefficient (Wildman–Crippen LogP) is 14.4. The maximum atomic E-state index is 2.40. The molecule has 0 aliphatic carbocycles. The summed E-state index contributed by atoms with van der Waals surface area (Å²) in [6.07, 6.45) is 0. The van der Waals surface area contributed by atoms with Crippen LogP contribution in [0, 0.1) is 0 Å². The average Bonchev–Trinajstić information content (AvgIpc) is 3.59. The minimum atomic E-state index is 1.11. The normalized spacial score (nSPS) is 11.3. The highest BCUT2D eigenvalue weighted by Gasteiger charge is 2.17. The lowest BCUT2D eigenvalue weighted by molar-refractivity contribution is 1.18. The average molecular weight is 689 g/mol. The maximum Gasteiger partial charge on any atom is 0.0547 e. The second kappa shape index (κ2) is 13.4. The Labute approximate surface area is 315 Å². The molecule has 0 fully saturated rings. The highest BCUT2D eigenvalue weighted by Crippen LogP contribution is 2.40. The fraction of sp³-hybridized carbons (Fsp3) is 0. The summed E-state index contributed by atoms with van der Waals surface area (Å²) in [7, 11) is 0. The molecule has 0 spiro atoms. The molecule has 0 aliphatic heterocycles. The molecule has 1 heterocycles. The third-order valence-electron chi connectivity index (χ3n) is 10.6. The van der Waals surface area contributed by atoms with E-state index in [4.69, 9.17) is 0 Å². The van der Waals surface area contributed by atoms with Crippen LogP contribution >= 0.6 is 0 Å². The Morgan fingerprint density at radius 3 is 1.44 bits per heavy atom. The van der Waals surface area contributed by atoms with Crippen molar-refractivity contribution in [2.45, 2.75) is 0 Å². The van der Waals surface area contributed by atoms with Crippen molar-refractivity contribution in [2.24, 2.45) is 0 Å². The molecule has 0 atom stereocenters. The van der Waals surface area contributed by atoms with E-state index in [9.17, 15) is 0 Å². The van der Waals surface area contributed by atoms with Crippen LogP contribution in [0.15, 0.2) is 218 Å². The van der Waals surface area contributed by atoms with Crippen molar-refractivity contribution in [3.63, 3.8) is 0 Å². The van der Waals surface area contributed by atoms with Crippen LogP contribution in [0.2, 0.25) is 0 Å². The minimum absolute atomic E-state index is 1.11. The molecule has 2 nitrogen and oxygen atoms in total. The number of hydrogen-bond acceptors (Lipinski definition) is 1. The molecular formula is C52H36N2. The Morgan fingerprint density at radius 2 is 0.778 bits per heavy atom. The van der Waals surface area contributed by atoms with Crippen LogP contribution in [0.1, 0.15) is 0 Å². The van der Waals surface area contributed by atoms with Gasteiger partial charge in [0.25, 0.3) is 0 Å². The molecule has 0 saturated heterocycles. The number of anilines is 3. The molecule has 10 rings (SSSR count). The van der Waals surface area contributed by atoms with Gasteiger partial charge in [0.1, 0.15) is 0 Å². The summed E-state index contributed by atoms with van der Waals surface area (Å²) in [5, 5.41) is 5.07. The molecule has 0 saturated carbocycles. The van der Waals surface area contributed by atoms with Gasteiger partial charge in [0.05, 0.1) is 11.0 Å². The fourth-order valence-electron chi connectivity index (χ4n) is 7.96. The Hall–Kier alpha value is -7.16. The summed E-state index contributed by atoms with van der Waals surface area (Å²) < 4.78 is 2.40. The number of hydrogen-bond donors (Lipinski definition) is 0. The summed E-state index contributed by atoms with van der Waals surface area (Å²) in [4.78, 5) is 2.33. The molecule has 9 aromatic carbocycles. The maximum absolute atomic E-state index is 2.40. The lowest BCUT2D eigenvalue weighted by Crippen LogP contribution is -2.09. The molecule has 0 N–H and O–H groups in total. The quantitative estimate of drug-likeness (QED) is 0.162. The highest BCUT2D eigenvalue weighted by molar-refractivity contribution is 6.21. The Balaban J connectivity index is 1.03. The Morgan fingerprint density at radius 1 is 0.296 bits per heavy atom. The van der Waals surface area contributed by atoms with Crippen molar-refractivity contribution < 1.29 is 0 Å². The van der Waals surface area contributed by atoms with Gasteiger partial charge in [-0.05, 0) is 117 Å². The number of fused-ring (bicyclic) bond motifs is 5. The molecule has 54 heavy (non-hydrogen) atoms. The zero-order valence-electron chi connectivity index (χ0n) is 29.7. The standard InChI is InChI=1S/C52H36N2/c1-4-13-37(14-5-1)41-16-12-17-42(35-41)38-23-29-46(30-24-38)53(44-18-6-2-7-19-44)47-31-25-39(26-32-47)43-28-33-50-49(36-43)52-48-22-11-10-15-40(48)27-34-51(52)54(50)45-20-8-3-9-21-45/h1-36H. The van der Waals surface area contributed by atoms with Gasteiger partial charge < -0.3 is 9.47 Å². The number of benzene rings is 9. The monoisotopic (exact) mass is 688 g/mol. The summed E-state index contributed by atoms with van der Waals surface area (Å²) in [6.45, 7) is 0. The van der Waals surface area contributed by atoms with E-state index >= 15 is 0 Å². The second-order valence-electron chi connectivity index (χ2n) is 13.8. The number of rotatable bonds is 7. The molecule has 10 aromatic rings. The molecule has 1 aromatic heterocycles. The zero-order chi connectivity index (χ0) is 35.8. The third-order valence-corrected chi connectivity index (χ3v) is 10.6. The first-order chi connectivity index (χ1) is 26.8. The summed E-state index contributed by atoms with van der Waals surface area (Å²) in [6, 6.07) is 78.7. The summed E-state index contributed by atoms with van der Waals surface area (Å²) >= 11 is 0. The lowest BCUT2D eigenvalue weighted by atomic mass is 9.98. The van der Waals surface area contributed by atoms with E-state index in [1.165, 1.54) is 71.6 Å². The van der Waals surface area contributed by atoms with E-state index in [2.05, 4.69) is 228 Å². The van der Waals surface area contributed by atoms with Gasteiger partial charge in [-0.3, -0.25) is 0 Å². The molecule has 254 valence electrons. The van der Waals surface area contributed by atoms with E-state index < -0.39 is 0 Å². The Kier molecular flexibility index (Phi) is 7.85. The number of para-hydroxylation sites is 2. The third kappa shape index (κ3) is 5.62. The van der Waals surface area contributed by atoms with Gasteiger partial charge in [0.15, 0.2) is 0 Å². The van der Waals surface area contributed by atoms with Gasteiger partial charge >= 0.3 is 0 Å². The molecular weight excluding hydrogens is 653 g/mol. The van der Waals surface area contributed by atoms with Crippen molar-refractivity contribution in [1.82, 2.24) is 4.57 Å². The zero-order valence-corrected chi connectivity index (χ0v) is 29.7. The lowest BCUT2D eigenvalue weighted by Gasteiger charge is -2.26. The molecule has 0 aliphatic rings. The van der Waals surface area contributed by atoms with Crippen LogP contribution < -0.4 is 4.90 Å². The van der Waals surface area contributed by atoms with Crippen molar-refractivity contribution in [3.8, 4) is 39.1 Å². The molecule has 0 bridgehead atoms. The van der Waals surface area contributed by atoms with Crippen LogP contribution in [0.4, 0.5) is 17.1 Å². The van der Waals surface area contributed by atoms with E-state index in [1.54, 1.807) is 0 Å². The van der Waals surface area contributed by atoms with Crippen molar-refractivity contribution in [2.75, 3.05) is 4.90 Å². The SMILES string of the molecule is c1ccc(-c2cccc(-c3ccc(N(c4ccccc4)c4ccc(-c5ccc6c(c5)c5c7ccccc7ccc5n6-c5ccccc5)cc4)cc3)c2)cc1. The van der Waals surface area contributed by atoms with Crippen molar-refractivity contribution in [3.05, 3.63) is 218 Å². The van der Waals surface area contributed by atoms with Crippen LogP contribution in [0.3, 0.4) is 0 Å². The number of nitrogens with zero attached hydrogens (tertiary/aromatic N) is 2.